The van der Waals surface area contributed by atoms with Crippen LogP contribution in [-0.2, 0) is 6.54 Å². The van der Waals surface area contributed by atoms with Gasteiger partial charge in [0.15, 0.2) is 11.5 Å². The van der Waals surface area contributed by atoms with E-state index in [1.165, 1.54) is 0 Å². The van der Waals surface area contributed by atoms with Crippen LogP contribution in [-0.4, -0.2) is 39.7 Å². The number of rotatable bonds is 5. The molecule has 0 aliphatic carbocycles. The second-order valence-electron chi connectivity index (χ2n) is 5.52. The molecule has 0 unspecified atom stereocenters. The highest BCUT2D eigenvalue weighted by Crippen LogP contribution is 2.30. The van der Waals surface area contributed by atoms with E-state index in [2.05, 4.69) is 20.4 Å². The Kier molecular flexibility index (Phi) is 4.51. The number of amides is 1. The fourth-order valence-corrected chi connectivity index (χ4v) is 2.61. The molecule has 1 amide bonds. The minimum absolute atomic E-state index is 0.0723. The lowest BCUT2D eigenvalue weighted by molar-refractivity contribution is 0.0940. The summed E-state index contributed by atoms with van der Waals surface area (Å²) in [7, 11) is 3.13. The van der Waals surface area contributed by atoms with Gasteiger partial charge in [-0.1, -0.05) is 12.1 Å². The number of aryl methyl sites for hydroxylation is 2. The zero-order chi connectivity index (χ0) is 18.0. The summed E-state index contributed by atoms with van der Waals surface area (Å²) in [4.78, 5) is 20.9. The number of hydrogen-bond acceptors (Lipinski definition) is 6. The molecule has 0 saturated carbocycles. The Hall–Kier alpha value is -3.16. The van der Waals surface area contributed by atoms with Gasteiger partial charge in [-0.3, -0.25) is 4.79 Å². The predicted octanol–water partition coefficient (Wildman–Crippen LogP) is 1.69. The number of nitrogens with one attached hydrogen (secondary N) is 1. The lowest BCUT2D eigenvalue weighted by Crippen LogP contribution is -2.24. The average molecular weight is 341 g/mol. The number of nitrogens with zero attached hydrogens (tertiary/aromatic N) is 4. The topological polar surface area (TPSA) is 90.6 Å². The van der Waals surface area contributed by atoms with Gasteiger partial charge in [0.05, 0.1) is 14.2 Å². The molecule has 8 nitrogen and oxygen atoms in total. The Labute approximate surface area is 144 Å². The monoisotopic (exact) mass is 341 g/mol. The summed E-state index contributed by atoms with van der Waals surface area (Å²) in [6, 6.07) is 7.37. The highest BCUT2D eigenvalue weighted by molar-refractivity contribution is 5.90. The van der Waals surface area contributed by atoms with Gasteiger partial charge >= 0.3 is 0 Å². The van der Waals surface area contributed by atoms with Crippen molar-refractivity contribution in [3.63, 3.8) is 0 Å². The Morgan fingerprint density at radius 2 is 2.00 bits per heavy atom. The Balaban J connectivity index is 1.81. The third kappa shape index (κ3) is 3.23. The van der Waals surface area contributed by atoms with E-state index >= 15 is 0 Å². The number of aromatic nitrogens is 4. The maximum Gasteiger partial charge on any atom is 0.291 e. The predicted molar refractivity (Wildman–Crippen MR) is 91.0 cm³/mol. The van der Waals surface area contributed by atoms with Crippen molar-refractivity contribution in [2.24, 2.45) is 0 Å². The van der Waals surface area contributed by atoms with Gasteiger partial charge in [-0.05, 0) is 26.0 Å². The third-order valence-electron chi connectivity index (χ3n) is 3.75. The minimum Gasteiger partial charge on any atom is -0.493 e. The molecule has 0 fully saturated rings. The van der Waals surface area contributed by atoms with Crippen LogP contribution >= 0.6 is 0 Å². The first kappa shape index (κ1) is 16.7. The first-order valence-electron chi connectivity index (χ1n) is 7.72. The standard InChI is InChI=1S/C17H19N5O3/c1-10-8-11(2)22-17(19-10)20-15(21-22)16(23)18-9-12-6-5-7-13(24-3)14(12)25-4/h5-8H,9H2,1-4H3,(H,18,23). The maximum absolute atomic E-state index is 12.4. The lowest BCUT2D eigenvalue weighted by Gasteiger charge is -2.12. The largest absolute Gasteiger partial charge is 0.493 e. The molecule has 0 atom stereocenters. The summed E-state index contributed by atoms with van der Waals surface area (Å²) in [5, 5.41) is 7.01. The van der Waals surface area contributed by atoms with Crippen molar-refractivity contribution in [1.82, 2.24) is 24.9 Å². The van der Waals surface area contributed by atoms with Crippen LogP contribution in [0.15, 0.2) is 24.3 Å². The molecule has 3 aromatic rings. The summed E-state index contributed by atoms with van der Waals surface area (Å²) in [6.07, 6.45) is 0. The molecule has 0 radical (unpaired) electrons. The quantitative estimate of drug-likeness (QED) is 0.759. The maximum atomic E-state index is 12.4. The highest BCUT2D eigenvalue weighted by Gasteiger charge is 2.16. The number of carbonyl (C=O) groups is 1. The molecule has 0 aliphatic heterocycles. The van der Waals surface area contributed by atoms with Crippen molar-refractivity contribution >= 4 is 11.7 Å². The summed E-state index contributed by atoms with van der Waals surface area (Å²) in [5.74, 6) is 1.29. The van der Waals surface area contributed by atoms with Crippen LogP contribution in [0.25, 0.3) is 5.78 Å². The normalized spacial score (nSPS) is 10.7. The highest BCUT2D eigenvalue weighted by atomic mass is 16.5. The molecule has 3 rings (SSSR count). The van der Waals surface area contributed by atoms with Crippen molar-refractivity contribution in [1.29, 1.82) is 0 Å². The molecule has 2 aromatic heterocycles. The van der Waals surface area contributed by atoms with Gasteiger partial charge in [-0.25, -0.2) is 9.50 Å². The molecule has 0 bridgehead atoms. The summed E-state index contributed by atoms with van der Waals surface area (Å²) in [6.45, 7) is 4.02. The number of benzene rings is 1. The van der Waals surface area contributed by atoms with Crippen LogP contribution in [0, 0.1) is 13.8 Å². The molecule has 0 spiro atoms. The van der Waals surface area contributed by atoms with Gasteiger partial charge in [-0.2, -0.15) is 4.98 Å². The summed E-state index contributed by atoms with van der Waals surface area (Å²) in [5.41, 5.74) is 2.48. The molecule has 0 aliphatic rings. The third-order valence-corrected chi connectivity index (χ3v) is 3.75. The average Bonchev–Trinajstić information content (AvgIpc) is 3.03. The van der Waals surface area contributed by atoms with Crippen LogP contribution < -0.4 is 14.8 Å². The molecule has 0 saturated heterocycles. The molecular formula is C17H19N5O3. The molecule has 2 heterocycles. The first-order valence-corrected chi connectivity index (χ1v) is 7.72. The Morgan fingerprint density at radius 3 is 2.72 bits per heavy atom. The smallest absolute Gasteiger partial charge is 0.291 e. The molecular weight excluding hydrogens is 322 g/mol. The number of methoxy groups -OCH3 is 2. The number of carbonyl (C=O) groups excluding carboxylic acids is 1. The van der Waals surface area contributed by atoms with Crippen molar-refractivity contribution in [2.45, 2.75) is 20.4 Å². The van der Waals surface area contributed by atoms with E-state index in [4.69, 9.17) is 9.47 Å². The van der Waals surface area contributed by atoms with Crippen LogP contribution in [0.5, 0.6) is 11.5 Å². The second-order valence-corrected chi connectivity index (χ2v) is 5.52. The molecule has 8 heteroatoms. The molecule has 1 N–H and O–H groups in total. The van der Waals surface area contributed by atoms with Crippen molar-refractivity contribution in [3.05, 3.63) is 47.0 Å². The Bertz CT molecular complexity index is 935. The second kappa shape index (κ2) is 6.76. The zero-order valence-corrected chi connectivity index (χ0v) is 14.5. The summed E-state index contributed by atoms with van der Waals surface area (Å²) < 4.78 is 12.2. The van der Waals surface area contributed by atoms with E-state index in [0.717, 1.165) is 17.0 Å². The van der Waals surface area contributed by atoms with Crippen molar-refractivity contribution in [2.75, 3.05) is 14.2 Å². The zero-order valence-electron chi connectivity index (χ0n) is 14.5. The molecule has 130 valence electrons. The van der Waals surface area contributed by atoms with Crippen LogP contribution in [0.1, 0.15) is 27.6 Å². The van der Waals surface area contributed by atoms with Crippen LogP contribution in [0.4, 0.5) is 0 Å². The number of para-hydroxylation sites is 1. The fourth-order valence-electron chi connectivity index (χ4n) is 2.61. The SMILES string of the molecule is COc1cccc(CNC(=O)c2nc3nc(C)cc(C)n3n2)c1OC. The minimum atomic E-state index is -0.382. The van der Waals surface area contributed by atoms with Gasteiger partial charge in [0.2, 0.25) is 5.82 Å². The van der Waals surface area contributed by atoms with E-state index in [1.807, 2.05) is 32.0 Å². The summed E-state index contributed by atoms with van der Waals surface area (Å²) >= 11 is 0. The van der Waals surface area contributed by atoms with Gasteiger partial charge < -0.3 is 14.8 Å². The number of ether oxygens (including phenoxy) is 2. The molecule has 1 aromatic carbocycles. The number of hydrogen-bond donors (Lipinski definition) is 1. The Morgan fingerprint density at radius 1 is 1.20 bits per heavy atom. The van der Waals surface area contributed by atoms with E-state index in [-0.39, 0.29) is 18.3 Å². The van der Waals surface area contributed by atoms with Crippen LogP contribution in [0.2, 0.25) is 0 Å². The van der Waals surface area contributed by atoms with Crippen molar-refractivity contribution in [3.8, 4) is 11.5 Å². The first-order chi connectivity index (χ1) is 12.0. The van der Waals surface area contributed by atoms with Gasteiger partial charge in [0.25, 0.3) is 11.7 Å². The van der Waals surface area contributed by atoms with E-state index in [9.17, 15) is 4.79 Å². The van der Waals surface area contributed by atoms with E-state index < -0.39 is 0 Å². The van der Waals surface area contributed by atoms with Gasteiger partial charge in [-0.15, -0.1) is 5.10 Å². The molecule has 25 heavy (non-hydrogen) atoms. The fraction of sp³-hybridized carbons (Fsp3) is 0.294. The lowest BCUT2D eigenvalue weighted by atomic mass is 10.2. The van der Waals surface area contributed by atoms with E-state index in [0.29, 0.717) is 17.3 Å². The number of fused-ring (bicyclic) bond motifs is 1. The van der Waals surface area contributed by atoms with Crippen molar-refractivity contribution < 1.29 is 14.3 Å². The van der Waals surface area contributed by atoms with Crippen LogP contribution in [0.3, 0.4) is 0 Å². The van der Waals surface area contributed by atoms with Gasteiger partial charge in [0.1, 0.15) is 0 Å². The van der Waals surface area contributed by atoms with Gasteiger partial charge in [0, 0.05) is 23.5 Å². The van der Waals surface area contributed by atoms with E-state index in [1.54, 1.807) is 24.8 Å².